The second kappa shape index (κ2) is 7.92. The van der Waals surface area contributed by atoms with Gasteiger partial charge in [-0.05, 0) is 74.6 Å². The number of ether oxygens (including phenoxy) is 1. The fourth-order valence-corrected chi connectivity index (χ4v) is 3.23. The van der Waals surface area contributed by atoms with Gasteiger partial charge in [0.15, 0.2) is 0 Å². The normalized spacial score (nSPS) is 11.3. The number of aliphatic hydroxyl groups is 1. The molecule has 0 bridgehead atoms. The second-order valence-corrected chi connectivity index (χ2v) is 6.98. The Balaban J connectivity index is 1.85. The Kier molecular flexibility index (Phi) is 5.62. The number of hydrogen-bond donors (Lipinski definition) is 1. The lowest BCUT2D eigenvalue weighted by Gasteiger charge is -2.13. The molecule has 2 aromatic carbocycles. The zero-order valence-electron chi connectivity index (χ0n) is 16.2. The molecule has 0 amide bonds. The molecule has 1 aromatic heterocycles. The Morgan fingerprint density at radius 1 is 1.04 bits per heavy atom. The summed E-state index contributed by atoms with van der Waals surface area (Å²) in [4.78, 5) is 4.81. The number of hydrogen-bond acceptors (Lipinski definition) is 3. The average Bonchev–Trinajstić information content (AvgIpc) is 2.94. The lowest BCUT2D eigenvalue weighted by atomic mass is 10.1. The van der Waals surface area contributed by atoms with E-state index in [1.54, 1.807) is 0 Å². The molecular weight excluding hydrogens is 324 g/mol. The fourth-order valence-electron chi connectivity index (χ4n) is 3.23. The van der Waals surface area contributed by atoms with Gasteiger partial charge in [0.2, 0.25) is 0 Å². The van der Waals surface area contributed by atoms with Gasteiger partial charge in [-0.3, -0.25) is 0 Å². The molecule has 4 heteroatoms. The first-order chi connectivity index (χ1) is 12.5. The molecule has 0 unspecified atom stereocenters. The number of aliphatic hydroxyl groups excluding tert-OH is 1. The van der Waals surface area contributed by atoms with E-state index in [2.05, 4.69) is 50.5 Å². The van der Waals surface area contributed by atoms with Gasteiger partial charge in [0, 0.05) is 13.0 Å². The average molecular weight is 352 g/mol. The van der Waals surface area contributed by atoms with Crippen LogP contribution in [0.5, 0.6) is 5.75 Å². The molecule has 4 nitrogen and oxygen atoms in total. The van der Waals surface area contributed by atoms with E-state index >= 15 is 0 Å². The Morgan fingerprint density at radius 2 is 1.81 bits per heavy atom. The van der Waals surface area contributed by atoms with E-state index in [-0.39, 0.29) is 6.61 Å². The van der Waals surface area contributed by atoms with Crippen molar-refractivity contribution in [1.82, 2.24) is 9.55 Å². The fraction of sp³-hybridized carbons (Fsp3) is 0.409. The number of fused-ring (bicyclic) bond motifs is 1. The molecule has 0 saturated heterocycles. The molecule has 0 aliphatic heterocycles. The summed E-state index contributed by atoms with van der Waals surface area (Å²) in [6, 6.07) is 10.5. The number of nitrogens with zero attached hydrogens (tertiary/aromatic N) is 2. The molecule has 0 radical (unpaired) electrons. The van der Waals surface area contributed by atoms with Crippen molar-refractivity contribution in [2.75, 3.05) is 13.2 Å². The first-order valence-electron chi connectivity index (χ1n) is 9.27. The molecule has 1 heterocycles. The second-order valence-electron chi connectivity index (χ2n) is 6.98. The van der Waals surface area contributed by atoms with Crippen LogP contribution in [0.4, 0.5) is 0 Å². The highest BCUT2D eigenvalue weighted by molar-refractivity contribution is 5.78. The molecule has 0 atom stereocenters. The van der Waals surface area contributed by atoms with Gasteiger partial charge in [-0.25, -0.2) is 4.98 Å². The maximum atomic E-state index is 9.20. The molecule has 3 aromatic rings. The zero-order valence-corrected chi connectivity index (χ0v) is 16.2. The Bertz CT molecular complexity index is 912. The van der Waals surface area contributed by atoms with E-state index in [1.165, 1.54) is 22.3 Å². The van der Waals surface area contributed by atoms with Crippen LogP contribution < -0.4 is 4.74 Å². The van der Waals surface area contributed by atoms with Gasteiger partial charge in [-0.1, -0.05) is 12.1 Å². The van der Waals surface area contributed by atoms with Crippen LogP contribution in [0.2, 0.25) is 0 Å². The molecule has 0 aliphatic rings. The minimum absolute atomic E-state index is 0.181. The molecule has 0 fully saturated rings. The van der Waals surface area contributed by atoms with E-state index in [0.717, 1.165) is 42.0 Å². The SMILES string of the molecule is Cc1cc2nc(CCCO)n(CCOc3cccc(C)c3C)c2cc1C. The number of rotatable bonds is 7. The van der Waals surface area contributed by atoms with Gasteiger partial charge in [-0.2, -0.15) is 0 Å². The van der Waals surface area contributed by atoms with Crippen molar-refractivity contribution in [2.24, 2.45) is 0 Å². The summed E-state index contributed by atoms with van der Waals surface area (Å²) >= 11 is 0. The van der Waals surface area contributed by atoms with E-state index in [0.29, 0.717) is 6.61 Å². The van der Waals surface area contributed by atoms with Gasteiger partial charge >= 0.3 is 0 Å². The highest BCUT2D eigenvalue weighted by Gasteiger charge is 2.12. The molecule has 0 aliphatic carbocycles. The van der Waals surface area contributed by atoms with Crippen molar-refractivity contribution in [2.45, 2.75) is 47.1 Å². The van der Waals surface area contributed by atoms with Gasteiger partial charge in [0.1, 0.15) is 18.2 Å². The van der Waals surface area contributed by atoms with Crippen LogP contribution in [0.15, 0.2) is 30.3 Å². The number of imidazole rings is 1. The van der Waals surface area contributed by atoms with Gasteiger partial charge < -0.3 is 14.4 Å². The zero-order chi connectivity index (χ0) is 18.7. The molecule has 0 saturated carbocycles. The predicted molar refractivity (Wildman–Crippen MR) is 106 cm³/mol. The smallest absolute Gasteiger partial charge is 0.122 e. The minimum atomic E-state index is 0.181. The summed E-state index contributed by atoms with van der Waals surface area (Å²) in [6.07, 6.45) is 1.49. The number of aromatic nitrogens is 2. The van der Waals surface area contributed by atoms with Crippen molar-refractivity contribution < 1.29 is 9.84 Å². The largest absolute Gasteiger partial charge is 0.491 e. The summed E-state index contributed by atoms with van der Waals surface area (Å²) in [6.45, 7) is 9.96. The summed E-state index contributed by atoms with van der Waals surface area (Å²) < 4.78 is 8.29. The van der Waals surface area contributed by atoms with Crippen molar-refractivity contribution >= 4 is 11.0 Å². The quantitative estimate of drug-likeness (QED) is 0.690. The molecule has 0 spiro atoms. The van der Waals surface area contributed by atoms with Crippen molar-refractivity contribution in [3.8, 4) is 5.75 Å². The van der Waals surface area contributed by atoms with Crippen LogP contribution in [-0.4, -0.2) is 27.9 Å². The van der Waals surface area contributed by atoms with Crippen LogP contribution in [0.25, 0.3) is 11.0 Å². The summed E-state index contributed by atoms with van der Waals surface area (Å²) in [7, 11) is 0. The molecule has 138 valence electrons. The summed E-state index contributed by atoms with van der Waals surface area (Å²) in [5, 5.41) is 9.20. The standard InChI is InChI=1S/C22H28N2O2/c1-15-7-5-8-21(18(15)4)26-12-10-24-20-14-17(3)16(2)13-19(20)23-22(24)9-6-11-25/h5,7-8,13-14,25H,6,9-12H2,1-4H3. The maximum absolute atomic E-state index is 9.20. The lowest BCUT2D eigenvalue weighted by Crippen LogP contribution is -2.12. The summed E-state index contributed by atoms with van der Waals surface area (Å²) in [5.74, 6) is 1.96. The monoisotopic (exact) mass is 352 g/mol. The van der Waals surface area contributed by atoms with Crippen molar-refractivity contribution in [3.05, 3.63) is 58.4 Å². The van der Waals surface area contributed by atoms with Crippen LogP contribution in [0.1, 0.15) is 34.5 Å². The van der Waals surface area contributed by atoms with Gasteiger partial charge in [0.05, 0.1) is 17.6 Å². The number of benzene rings is 2. The Hall–Kier alpha value is -2.33. The molecule has 26 heavy (non-hydrogen) atoms. The lowest BCUT2D eigenvalue weighted by molar-refractivity contribution is 0.282. The third-order valence-electron chi connectivity index (χ3n) is 5.13. The third kappa shape index (κ3) is 3.75. The van der Waals surface area contributed by atoms with E-state index in [9.17, 15) is 5.11 Å². The minimum Gasteiger partial charge on any atom is -0.491 e. The molecule has 1 N–H and O–H groups in total. The van der Waals surface area contributed by atoms with Crippen LogP contribution in [-0.2, 0) is 13.0 Å². The van der Waals surface area contributed by atoms with Gasteiger partial charge in [-0.15, -0.1) is 0 Å². The van der Waals surface area contributed by atoms with E-state index in [1.807, 2.05) is 12.1 Å². The summed E-state index contributed by atoms with van der Waals surface area (Å²) in [5.41, 5.74) is 7.11. The van der Waals surface area contributed by atoms with Crippen LogP contribution in [0.3, 0.4) is 0 Å². The maximum Gasteiger partial charge on any atom is 0.122 e. The van der Waals surface area contributed by atoms with Gasteiger partial charge in [0.25, 0.3) is 0 Å². The van der Waals surface area contributed by atoms with Crippen molar-refractivity contribution in [3.63, 3.8) is 0 Å². The third-order valence-corrected chi connectivity index (χ3v) is 5.13. The first-order valence-corrected chi connectivity index (χ1v) is 9.27. The predicted octanol–water partition coefficient (Wildman–Crippen LogP) is 4.27. The molecular formula is C22H28N2O2. The van der Waals surface area contributed by atoms with Crippen molar-refractivity contribution in [1.29, 1.82) is 0 Å². The highest BCUT2D eigenvalue weighted by Crippen LogP contribution is 2.23. The topological polar surface area (TPSA) is 47.3 Å². The highest BCUT2D eigenvalue weighted by atomic mass is 16.5. The van der Waals surface area contributed by atoms with E-state index in [4.69, 9.17) is 9.72 Å². The number of aryl methyl sites for hydroxylation is 4. The Morgan fingerprint density at radius 3 is 2.58 bits per heavy atom. The van der Waals surface area contributed by atoms with Crippen LogP contribution >= 0.6 is 0 Å². The van der Waals surface area contributed by atoms with E-state index < -0.39 is 0 Å². The Labute approximate surface area is 155 Å². The molecule has 3 rings (SSSR count). The van der Waals surface area contributed by atoms with Crippen LogP contribution in [0, 0.1) is 27.7 Å². The first kappa shape index (κ1) is 18.5.